The molecule has 10 nitrogen and oxygen atoms in total. The first-order valence-electron chi connectivity index (χ1n) is 14.8. The van der Waals surface area contributed by atoms with Crippen molar-refractivity contribution in [1.29, 1.82) is 0 Å². The maximum Gasteiger partial charge on any atom is 0.417 e. The Balaban J connectivity index is 1.71. The van der Waals surface area contributed by atoms with Crippen molar-refractivity contribution in [2.24, 2.45) is 5.41 Å². The van der Waals surface area contributed by atoms with E-state index in [1.807, 2.05) is 6.92 Å². The zero-order valence-electron chi connectivity index (χ0n) is 25.4. The number of halogens is 5. The number of pyridine rings is 1. The molecule has 5 N–H and O–H groups in total. The average molecular weight is 638 g/mol. The summed E-state index contributed by atoms with van der Waals surface area (Å²) in [5.41, 5.74) is 0.678. The van der Waals surface area contributed by atoms with E-state index in [9.17, 15) is 22.4 Å². The summed E-state index contributed by atoms with van der Waals surface area (Å²) < 4.78 is 86.2. The van der Waals surface area contributed by atoms with Crippen molar-refractivity contribution in [3.63, 3.8) is 0 Å². The Kier molecular flexibility index (Phi) is 8.93. The first-order chi connectivity index (χ1) is 21.2. The minimum atomic E-state index is -5.07. The normalized spacial score (nSPS) is 19.7. The average Bonchev–Trinajstić information content (AvgIpc) is 3.75. The van der Waals surface area contributed by atoms with Crippen LogP contribution in [-0.2, 0) is 11.0 Å². The number of hydrogen-bond donors (Lipinski definition) is 4. The molecule has 2 aromatic heterocycles. The highest BCUT2D eigenvalue weighted by atomic mass is 19.4. The number of anilines is 2. The number of nitrogen functional groups attached to an aromatic ring is 1. The Morgan fingerprint density at radius 3 is 2.60 bits per heavy atom. The molecule has 1 unspecified atom stereocenters. The van der Waals surface area contributed by atoms with Crippen LogP contribution in [0.1, 0.15) is 57.6 Å². The SMILES string of the molecule is CCC1CNc2nc(OCC3(CNC(C)=O)CC3)nc3c(F)c(-c4cc(N)c(F)c(C)c4C(F)(F)F)nc(c23)O[C@@H](C)CCN1. The van der Waals surface area contributed by atoms with Gasteiger partial charge in [0, 0.05) is 37.0 Å². The number of rotatable bonds is 7. The van der Waals surface area contributed by atoms with Crippen molar-refractivity contribution in [3.05, 3.63) is 28.8 Å². The lowest BCUT2D eigenvalue weighted by molar-refractivity contribution is -0.137. The molecule has 2 atom stereocenters. The van der Waals surface area contributed by atoms with Gasteiger partial charge in [0.2, 0.25) is 11.8 Å². The van der Waals surface area contributed by atoms with E-state index < -0.39 is 57.5 Å². The smallest absolute Gasteiger partial charge is 0.417 e. The molecule has 3 aromatic rings. The summed E-state index contributed by atoms with van der Waals surface area (Å²) in [5.74, 6) is -2.74. The van der Waals surface area contributed by atoms with Gasteiger partial charge in [0.1, 0.15) is 28.2 Å². The van der Waals surface area contributed by atoms with Crippen molar-refractivity contribution < 1.29 is 36.2 Å². The molecule has 5 rings (SSSR count). The van der Waals surface area contributed by atoms with E-state index in [0.717, 1.165) is 32.3 Å². The van der Waals surface area contributed by atoms with Crippen molar-refractivity contribution in [2.45, 2.75) is 71.7 Å². The summed E-state index contributed by atoms with van der Waals surface area (Å²) in [4.78, 5) is 24.5. The highest BCUT2D eigenvalue weighted by molar-refractivity contribution is 5.96. The topological polar surface area (TPSA) is 136 Å². The zero-order chi connectivity index (χ0) is 32.7. The third-order valence-electron chi connectivity index (χ3n) is 8.28. The standard InChI is InChI=1S/C30H36F5N7O3/c1-5-17-11-38-26-20-25(41-28(42-26)44-13-29(7-8-29)12-39-16(4)43)23(32)24(40-27(20)45-14(2)6-9-37-17)18-10-19(36)22(31)15(3)21(18)30(33,34)35/h10,14,17,37H,5-9,11-13,36H2,1-4H3,(H,39,43)(H,38,41,42)/t14-,17?/m0/s1. The van der Waals surface area contributed by atoms with Crippen LogP contribution >= 0.6 is 0 Å². The molecule has 0 saturated heterocycles. The monoisotopic (exact) mass is 637 g/mol. The number of carbonyl (C=O) groups is 1. The molecule has 15 heteroatoms. The third-order valence-corrected chi connectivity index (χ3v) is 8.28. The number of nitrogens with two attached hydrogens (primary N) is 1. The Morgan fingerprint density at radius 1 is 1.22 bits per heavy atom. The maximum atomic E-state index is 16.6. The lowest BCUT2D eigenvalue weighted by Gasteiger charge is -2.21. The molecule has 244 valence electrons. The second-order valence-electron chi connectivity index (χ2n) is 11.8. The second kappa shape index (κ2) is 12.4. The number of nitrogens with zero attached hydrogens (tertiary/aromatic N) is 3. The molecule has 1 aliphatic heterocycles. The minimum absolute atomic E-state index is 0.0112. The van der Waals surface area contributed by atoms with Gasteiger partial charge in [-0.15, -0.1) is 0 Å². The van der Waals surface area contributed by atoms with Crippen LogP contribution in [0.2, 0.25) is 0 Å². The fourth-order valence-electron chi connectivity index (χ4n) is 5.35. The number of alkyl halides is 3. The number of benzene rings is 1. The Hall–Kier alpha value is -4.01. The molecule has 0 spiro atoms. The van der Waals surface area contributed by atoms with Gasteiger partial charge < -0.3 is 31.2 Å². The summed E-state index contributed by atoms with van der Waals surface area (Å²) in [6, 6.07) is 0.504. The number of hydrogen-bond acceptors (Lipinski definition) is 9. The quantitative estimate of drug-likeness (QED) is 0.206. The molecule has 0 radical (unpaired) electrons. The molecular weight excluding hydrogens is 601 g/mol. The molecular formula is C30H36F5N7O3. The number of nitrogens with one attached hydrogen (secondary N) is 3. The van der Waals surface area contributed by atoms with Crippen molar-refractivity contribution >= 4 is 28.3 Å². The van der Waals surface area contributed by atoms with Crippen LogP contribution in [0.25, 0.3) is 22.2 Å². The van der Waals surface area contributed by atoms with E-state index in [4.69, 9.17) is 15.2 Å². The van der Waals surface area contributed by atoms with Crippen LogP contribution in [0.15, 0.2) is 6.07 Å². The van der Waals surface area contributed by atoms with E-state index in [2.05, 4.69) is 30.9 Å². The minimum Gasteiger partial charge on any atom is -0.474 e. The van der Waals surface area contributed by atoms with Crippen molar-refractivity contribution in [2.75, 3.05) is 37.3 Å². The maximum absolute atomic E-state index is 16.6. The van der Waals surface area contributed by atoms with Gasteiger partial charge in [-0.05, 0) is 57.7 Å². The molecule has 1 fully saturated rings. The largest absolute Gasteiger partial charge is 0.474 e. The van der Waals surface area contributed by atoms with Gasteiger partial charge in [0.15, 0.2) is 5.82 Å². The van der Waals surface area contributed by atoms with Gasteiger partial charge in [-0.25, -0.2) is 13.8 Å². The fourth-order valence-corrected chi connectivity index (χ4v) is 5.35. The van der Waals surface area contributed by atoms with Crippen LogP contribution < -0.4 is 31.2 Å². The molecule has 1 aromatic carbocycles. The molecule has 2 aliphatic rings. The predicted octanol–water partition coefficient (Wildman–Crippen LogP) is 5.13. The van der Waals surface area contributed by atoms with E-state index in [1.54, 1.807) is 6.92 Å². The summed E-state index contributed by atoms with van der Waals surface area (Å²) in [7, 11) is 0. The predicted molar refractivity (Wildman–Crippen MR) is 158 cm³/mol. The Morgan fingerprint density at radius 2 is 1.96 bits per heavy atom. The number of aromatic nitrogens is 3. The summed E-state index contributed by atoms with van der Waals surface area (Å²) in [6.07, 6.45) is -2.73. The molecule has 0 bridgehead atoms. The Bertz CT molecular complexity index is 1610. The summed E-state index contributed by atoms with van der Waals surface area (Å²) >= 11 is 0. The second-order valence-corrected chi connectivity index (χ2v) is 11.8. The lowest BCUT2D eigenvalue weighted by Crippen LogP contribution is -2.36. The highest BCUT2D eigenvalue weighted by Crippen LogP contribution is 2.46. The van der Waals surface area contributed by atoms with Crippen LogP contribution in [0, 0.1) is 24.0 Å². The fraction of sp³-hybridized carbons (Fsp3) is 0.533. The summed E-state index contributed by atoms with van der Waals surface area (Å²) in [5, 5.41) is 9.41. The van der Waals surface area contributed by atoms with E-state index in [0.29, 0.717) is 26.1 Å². The number of amides is 1. The van der Waals surface area contributed by atoms with E-state index in [1.165, 1.54) is 6.92 Å². The van der Waals surface area contributed by atoms with Crippen LogP contribution in [-0.4, -0.2) is 59.2 Å². The van der Waals surface area contributed by atoms with Gasteiger partial charge in [-0.3, -0.25) is 4.79 Å². The van der Waals surface area contributed by atoms with Gasteiger partial charge >= 0.3 is 12.2 Å². The van der Waals surface area contributed by atoms with E-state index >= 15 is 4.39 Å². The van der Waals surface area contributed by atoms with Gasteiger partial charge in [-0.2, -0.15) is 23.1 Å². The first kappa shape index (κ1) is 32.4. The third kappa shape index (κ3) is 6.82. The van der Waals surface area contributed by atoms with Gasteiger partial charge in [0.05, 0.1) is 24.0 Å². The first-order valence-corrected chi connectivity index (χ1v) is 14.8. The number of ether oxygens (including phenoxy) is 2. The molecule has 1 aliphatic carbocycles. The zero-order valence-corrected chi connectivity index (χ0v) is 25.4. The molecule has 3 heterocycles. The Labute approximate surface area is 256 Å². The van der Waals surface area contributed by atoms with Crippen LogP contribution in [0.4, 0.5) is 33.5 Å². The van der Waals surface area contributed by atoms with E-state index in [-0.39, 0.29) is 47.1 Å². The van der Waals surface area contributed by atoms with Gasteiger partial charge in [0.25, 0.3) is 0 Å². The van der Waals surface area contributed by atoms with Crippen LogP contribution in [0.3, 0.4) is 0 Å². The van der Waals surface area contributed by atoms with Crippen LogP contribution in [0.5, 0.6) is 11.9 Å². The molecule has 1 saturated carbocycles. The van der Waals surface area contributed by atoms with Gasteiger partial charge in [-0.1, -0.05) is 6.92 Å². The molecule has 45 heavy (non-hydrogen) atoms. The molecule has 1 amide bonds. The van der Waals surface area contributed by atoms with Crippen molar-refractivity contribution in [3.8, 4) is 23.1 Å². The lowest BCUT2D eigenvalue weighted by atomic mass is 9.96. The van der Waals surface area contributed by atoms with Crippen molar-refractivity contribution in [1.82, 2.24) is 25.6 Å². The number of carbonyl (C=O) groups excluding carboxylic acids is 1. The highest BCUT2D eigenvalue weighted by Gasteiger charge is 2.44. The summed E-state index contributed by atoms with van der Waals surface area (Å²) in [6.45, 7) is 7.52.